The summed E-state index contributed by atoms with van der Waals surface area (Å²) in [7, 11) is 0. The Morgan fingerprint density at radius 2 is 2.35 bits per heavy atom. The Labute approximate surface area is 124 Å². The summed E-state index contributed by atoms with van der Waals surface area (Å²) in [6.07, 6.45) is 6.68. The molecule has 1 aliphatic rings. The highest BCUT2D eigenvalue weighted by atomic mass is 79.9. The molecule has 94 valence electrons. The van der Waals surface area contributed by atoms with Gasteiger partial charge in [0.05, 0.1) is 9.50 Å². The van der Waals surface area contributed by atoms with Crippen LogP contribution in [0.1, 0.15) is 25.7 Å². The fourth-order valence-electron chi connectivity index (χ4n) is 2.35. The first-order valence-electron chi connectivity index (χ1n) is 5.86. The molecular weight excluding hydrogens is 367 g/mol. The third-order valence-electron chi connectivity index (χ3n) is 3.11. The minimum atomic E-state index is 0.623. The zero-order valence-corrected chi connectivity index (χ0v) is 13.4. The SMILES string of the molecule is Clc1cnc(N2CCCC2CCCBr)c(Br)c1. The monoisotopic (exact) mass is 380 g/mol. The molecule has 2 nitrogen and oxygen atoms in total. The molecule has 1 atom stereocenters. The third kappa shape index (κ3) is 3.36. The lowest BCUT2D eigenvalue weighted by Gasteiger charge is -2.26. The van der Waals surface area contributed by atoms with E-state index in [1.165, 1.54) is 25.7 Å². The maximum Gasteiger partial charge on any atom is 0.143 e. The van der Waals surface area contributed by atoms with Crippen LogP contribution in [0.2, 0.25) is 5.02 Å². The van der Waals surface area contributed by atoms with Crippen LogP contribution in [0.5, 0.6) is 0 Å². The first-order valence-corrected chi connectivity index (χ1v) is 8.15. The number of alkyl halides is 1. The molecule has 0 aliphatic carbocycles. The molecule has 17 heavy (non-hydrogen) atoms. The van der Waals surface area contributed by atoms with Gasteiger partial charge >= 0.3 is 0 Å². The van der Waals surface area contributed by atoms with E-state index in [4.69, 9.17) is 11.6 Å². The second-order valence-electron chi connectivity index (χ2n) is 4.28. The van der Waals surface area contributed by atoms with Crippen molar-refractivity contribution in [3.8, 4) is 0 Å². The van der Waals surface area contributed by atoms with Crippen molar-refractivity contribution < 1.29 is 0 Å². The first kappa shape index (κ1) is 13.6. The van der Waals surface area contributed by atoms with Crippen molar-refractivity contribution in [2.24, 2.45) is 0 Å². The van der Waals surface area contributed by atoms with Crippen LogP contribution >= 0.6 is 43.5 Å². The Morgan fingerprint density at radius 1 is 1.53 bits per heavy atom. The molecular formula is C12H15Br2ClN2. The second-order valence-corrected chi connectivity index (χ2v) is 6.36. The zero-order valence-electron chi connectivity index (χ0n) is 9.50. The molecule has 1 fully saturated rings. The Balaban J connectivity index is 2.14. The Kier molecular flexibility index (Phi) is 5.12. The van der Waals surface area contributed by atoms with Crippen LogP contribution in [-0.4, -0.2) is 22.9 Å². The summed E-state index contributed by atoms with van der Waals surface area (Å²) in [6, 6.07) is 2.54. The first-order chi connectivity index (χ1) is 8.22. The summed E-state index contributed by atoms with van der Waals surface area (Å²) in [5.41, 5.74) is 0. The average molecular weight is 383 g/mol. The van der Waals surface area contributed by atoms with E-state index >= 15 is 0 Å². The van der Waals surface area contributed by atoms with E-state index in [0.29, 0.717) is 11.1 Å². The predicted molar refractivity (Wildman–Crippen MR) is 80.3 cm³/mol. The highest BCUT2D eigenvalue weighted by Gasteiger charge is 2.26. The molecule has 0 amide bonds. The van der Waals surface area contributed by atoms with E-state index in [-0.39, 0.29) is 0 Å². The Bertz CT molecular complexity index is 387. The number of rotatable bonds is 4. The third-order valence-corrected chi connectivity index (χ3v) is 4.46. The Hall–Kier alpha value is 0.200. The number of anilines is 1. The van der Waals surface area contributed by atoms with Gasteiger partial charge < -0.3 is 4.90 Å². The number of hydrogen-bond donors (Lipinski definition) is 0. The lowest BCUT2D eigenvalue weighted by Crippen LogP contribution is -2.30. The predicted octanol–water partition coefficient (Wildman–Crippen LogP) is 4.64. The van der Waals surface area contributed by atoms with E-state index in [2.05, 4.69) is 41.7 Å². The van der Waals surface area contributed by atoms with E-state index in [9.17, 15) is 0 Å². The minimum Gasteiger partial charge on any atom is -0.353 e. The fraction of sp³-hybridized carbons (Fsp3) is 0.583. The number of hydrogen-bond acceptors (Lipinski definition) is 2. The molecule has 2 heterocycles. The van der Waals surface area contributed by atoms with Crippen LogP contribution in [0, 0.1) is 0 Å². The standard InChI is InChI=1S/C12H15Br2ClN2/c13-5-1-3-10-4-2-6-17(10)12-11(14)7-9(15)8-16-12/h7-8,10H,1-6H2. The number of halogens is 3. The van der Waals surface area contributed by atoms with Gasteiger partial charge in [-0.2, -0.15) is 0 Å². The highest BCUT2D eigenvalue weighted by molar-refractivity contribution is 9.10. The van der Waals surface area contributed by atoms with Gasteiger partial charge in [-0.05, 0) is 47.7 Å². The summed E-state index contributed by atoms with van der Waals surface area (Å²) in [5, 5.41) is 1.75. The molecule has 0 saturated carbocycles. The molecule has 1 aromatic heterocycles. The topological polar surface area (TPSA) is 16.1 Å². The average Bonchev–Trinajstić information content (AvgIpc) is 2.74. The van der Waals surface area contributed by atoms with E-state index < -0.39 is 0 Å². The molecule has 5 heteroatoms. The van der Waals surface area contributed by atoms with Gasteiger partial charge in [-0.15, -0.1) is 0 Å². The molecule has 1 saturated heterocycles. The Morgan fingerprint density at radius 3 is 3.06 bits per heavy atom. The van der Waals surface area contributed by atoms with Crippen molar-refractivity contribution in [3.63, 3.8) is 0 Å². The quantitative estimate of drug-likeness (QED) is 0.705. The van der Waals surface area contributed by atoms with Crippen molar-refractivity contribution in [2.75, 3.05) is 16.8 Å². The molecule has 0 radical (unpaired) electrons. The summed E-state index contributed by atoms with van der Waals surface area (Å²) in [5.74, 6) is 1.03. The number of nitrogens with zero attached hydrogens (tertiary/aromatic N) is 2. The molecule has 0 bridgehead atoms. The van der Waals surface area contributed by atoms with Crippen molar-refractivity contribution in [1.29, 1.82) is 0 Å². The van der Waals surface area contributed by atoms with Gasteiger partial charge in [-0.25, -0.2) is 4.98 Å². The van der Waals surface area contributed by atoms with E-state index in [1.807, 2.05) is 6.07 Å². The smallest absolute Gasteiger partial charge is 0.143 e. The summed E-state index contributed by atoms with van der Waals surface area (Å²) >= 11 is 13.0. The van der Waals surface area contributed by atoms with E-state index in [0.717, 1.165) is 22.2 Å². The maximum absolute atomic E-state index is 5.93. The molecule has 1 unspecified atom stereocenters. The fourth-order valence-corrected chi connectivity index (χ4v) is 3.54. The van der Waals surface area contributed by atoms with Gasteiger partial charge in [0.15, 0.2) is 0 Å². The van der Waals surface area contributed by atoms with Gasteiger partial charge in [0.25, 0.3) is 0 Å². The van der Waals surface area contributed by atoms with Gasteiger partial charge in [-0.1, -0.05) is 27.5 Å². The zero-order chi connectivity index (χ0) is 12.3. The van der Waals surface area contributed by atoms with Crippen molar-refractivity contribution in [1.82, 2.24) is 4.98 Å². The maximum atomic E-state index is 5.93. The van der Waals surface area contributed by atoms with Gasteiger partial charge in [0, 0.05) is 24.1 Å². The van der Waals surface area contributed by atoms with Crippen LogP contribution in [0.15, 0.2) is 16.7 Å². The minimum absolute atomic E-state index is 0.623. The van der Waals surface area contributed by atoms with Crippen LogP contribution in [0.25, 0.3) is 0 Å². The van der Waals surface area contributed by atoms with Crippen LogP contribution in [0.4, 0.5) is 5.82 Å². The van der Waals surface area contributed by atoms with Crippen molar-refractivity contribution in [2.45, 2.75) is 31.7 Å². The van der Waals surface area contributed by atoms with Crippen molar-refractivity contribution >= 4 is 49.3 Å². The van der Waals surface area contributed by atoms with Crippen LogP contribution in [0.3, 0.4) is 0 Å². The summed E-state index contributed by atoms with van der Waals surface area (Å²) in [4.78, 5) is 6.86. The van der Waals surface area contributed by atoms with Gasteiger partial charge in [-0.3, -0.25) is 0 Å². The van der Waals surface area contributed by atoms with Crippen LogP contribution in [-0.2, 0) is 0 Å². The summed E-state index contributed by atoms with van der Waals surface area (Å²) < 4.78 is 0.996. The van der Waals surface area contributed by atoms with Gasteiger partial charge in [0.2, 0.25) is 0 Å². The molecule has 0 N–H and O–H groups in total. The molecule has 2 rings (SSSR count). The van der Waals surface area contributed by atoms with Crippen molar-refractivity contribution in [3.05, 3.63) is 21.8 Å². The molecule has 1 aromatic rings. The van der Waals surface area contributed by atoms with Crippen LogP contribution < -0.4 is 4.90 Å². The molecule has 0 aromatic carbocycles. The normalized spacial score (nSPS) is 19.9. The molecule has 0 spiro atoms. The second kappa shape index (κ2) is 6.39. The van der Waals surface area contributed by atoms with Gasteiger partial charge in [0.1, 0.15) is 5.82 Å². The lowest BCUT2D eigenvalue weighted by molar-refractivity contribution is 0.600. The lowest BCUT2D eigenvalue weighted by atomic mass is 10.1. The summed E-state index contributed by atoms with van der Waals surface area (Å²) in [6.45, 7) is 1.10. The van der Waals surface area contributed by atoms with E-state index in [1.54, 1.807) is 6.20 Å². The number of aromatic nitrogens is 1. The highest BCUT2D eigenvalue weighted by Crippen LogP contribution is 2.33. The largest absolute Gasteiger partial charge is 0.353 e. The number of pyridine rings is 1. The molecule has 1 aliphatic heterocycles.